The van der Waals surface area contributed by atoms with E-state index >= 15 is 0 Å². The van der Waals surface area contributed by atoms with Crippen molar-refractivity contribution in [2.75, 3.05) is 5.32 Å². The number of hydrogen-bond acceptors (Lipinski definition) is 2. The van der Waals surface area contributed by atoms with E-state index in [2.05, 4.69) is 56.4 Å². The van der Waals surface area contributed by atoms with Crippen molar-refractivity contribution in [3.8, 4) is 0 Å². The number of aryl methyl sites for hydroxylation is 4. The summed E-state index contributed by atoms with van der Waals surface area (Å²) in [4.78, 5) is 0. The van der Waals surface area contributed by atoms with Crippen LogP contribution in [0.3, 0.4) is 0 Å². The highest BCUT2D eigenvalue weighted by Crippen LogP contribution is 2.33. The first-order chi connectivity index (χ1) is 10.1. The molecule has 2 nitrogen and oxygen atoms in total. The van der Waals surface area contributed by atoms with Gasteiger partial charge in [0, 0.05) is 5.69 Å². The average molecular weight is 281 g/mol. The zero-order valence-electron chi connectivity index (χ0n) is 13.0. The van der Waals surface area contributed by atoms with Gasteiger partial charge in [-0.05, 0) is 61.9 Å². The predicted molar refractivity (Wildman–Crippen MR) is 87.8 cm³/mol. The molecule has 0 saturated heterocycles. The van der Waals surface area contributed by atoms with Crippen molar-refractivity contribution >= 4 is 5.69 Å². The molecule has 2 atom stereocenters. The largest absolute Gasteiger partial charge is 0.386 e. The van der Waals surface area contributed by atoms with Gasteiger partial charge in [-0.3, -0.25) is 0 Å². The highest BCUT2D eigenvalue weighted by molar-refractivity contribution is 5.54. The van der Waals surface area contributed by atoms with Crippen LogP contribution >= 0.6 is 0 Å². The summed E-state index contributed by atoms with van der Waals surface area (Å²) in [5.74, 6) is 0. The van der Waals surface area contributed by atoms with E-state index < -0.39 is 6.10 Å². The van der Waals surface area contributed by atoms with Crippen LogP contribution < -0.4 is 5.32 Å². The van der Waals surface area contributed by atoms with Crippen LogP contribution in [0.2, 0.25) is 0 Å². The van der Waals surface area contributed by atoms with Crippen LogP contribution in [-0.2, 0) is 6.42 Å². The number of hydrogen-bond donors (Lipinski definition) is 2. The van der Waals surface area contributed by atoms with Gasteiger partial charge in [0.05, 0.1) is 12.1 Å². The highest BCUT2D eigenvalue weighted by Gasteiger charge is 2.27. The number of para-hydroxylation sites is 1. The minimum Gasteiger partial charge on any atom is -0.386 e. The van der Waals surface area contributed by atoms with E-state index in [9.17, 15) is 5.11 Å². The van der Waals surface area contributed by atoms with Crippen molar-refractivity contribution < 1.29 is 5.11 Å². The smallest absolute Gasteiger partial charge is 0.0996 e. The summed E-state index contributed by atoms with van der Waals surface area (Å²) in [6.07, 6.45) is 1.53. The van der Waals surface area contributed by atoms with Crippen LogP contribution in [0.15, 0.2) is 36.4 Å². The van der Waals surface area contributed by atoms with Crippen molar-refractivity contribution in [1.29, 1.82) is 0 Å². The number of benzene rings is 2. The molecule has 0 radical (unpaired) electrons. The Morgan fingerprint density at radius 2 is 1.76 bits per heavy atom. The molecule has 0 saturated carbocycles. The van der Waals surface area contributed by atoms with Crippen LogP contribution in [0.25, 0.3) is 0 Å². The van der Waals surface area contributed by atoms with Crippen LogP contribution in [0.5, 0.6) is 0 Å². The molecule has 2 heteroatoms. The molecule has 0 aliphatic carbocycles. The lowest BCUT2D eigenvalue weighted by molar-refractivity contribution is 0.147. The Labute approximate surface area is 126 Å². The van der Waals surface area contributed by atoms with Gasteiger partial charge in [-0.2, -0.15) is 0 Å². The number of aliphatic hydroxyl groups is 1. The van der Waals surface area contributed by atoms with Gasteiger partial charge in [-0.25, -0.2) is 0 Å². The van der Waals surface area contributed by atoms with Crippen molar-refractivity contribution in [3.63, 3.8) is 0 Å². The fourth-order valence-electron chi connectivity index (χ4n) is 3.56. The first-order valence-corrected chi connectivity index (χ1v) is 7.66. The molecule has 2 unspecified atom stereocenters. The summed E-state index contributed by atoms with van der Waals surface area (Å²) in [6, 6.07) is 12.8. The zero-order chi connectivity index (χ0) is 15.0. The second-order valence-corrected chi connectivity index (χ2v) is 6.20. The fourth-order valence-corrected chi connectivity index (χ4v) is 3.56. The summed E-state index contributed by atoms with van der Waals surface area (Å²) in [5, 5.41) is 14.4. The molecule has 1 aliphatic heterocycles. The molecular formula is C19H23NO. The first-order valence-electron chi connectivity index (χ1n) is 7.66. The Balaban J connectivity index is 1.89. The lowest BCUT2D eigenvalue weighted by Gasteiger charge is -2.32. The Morgan fingerprint density at radius 3 is 2.48 bits per heavy atom. The lowest BCUT2D eigenvalue weighted by atomic mass is 9.87. The average Bonchev–Trinajstić information content (AvgIpc) is 2.45. The van der Waals surface area contributed by atoms with E-state index in [0.717, 1.165) is 24.1 Å². The topological polar surface area (TPSA) is 32.3 Å². The van der Waals surface area contributed by atoms with Crippen molar-refractivity contribution in [2.45, 2.75) is 45.8 Å². The number of aliphatic hydroxyl groups excluding tert-OH is 1. The third-order valence-electron chi connectivity index (χ3n) is 4.50. The molecular weight excluding hydrogens is 258 g/mol. The first kappa shape index (κ1) is 14.2. The maximum absolute atomic E-state index is 10.9. The normalized spacial score (nSPS) is 18.8. The van der Waals surface area contributed by atoms with Crippen molar-refractivity contribution in [1.82, 2.24) is 0 Å². The van der Waals surface area contributed by atoms with E-state index in [1.54, 1.807) is 0 Å². The SMILES string of the molecule is Cc1cc(C)c(C(O)C2CCc3ccccc3N2)c(C)c1. The molecule has 0 bridgehead atoms. The third kappa shape index (κ3) is 2.68. The van der Waals surface area contributed by atoms with Gasteiger partial charge in [-0.15, -0.1) is 0 Å². The van der Waals surface area contributed by atoms with Crippen LogP contribution in [0.4, 0.5) is 5.69 Å². The predicted octanol–water partition coefficient (Wildman–Crippen LogP) is 4.07. The molecule has 0 amide bonds. The Hall–Kier alpha value is -1.80. The fraction of sp³-hybridized carbons (Fsp3) is 0.368. The van der Waals surface area contributed by atoms with Crippen molar-refractivity contribution in [3.05, 3.63) is 64.2 Å². The summed E-state index contributed by atoms with van der Waals surface area (Å²) in [5.41, 5.74) is 7.20. The molecule has 0 spiro atoms. The minimum absolute atomic E-state index is 0.0833. The van der Waals surface area contributed by atoms with Gasteiger partial charge in [-0.1, -0.05) is 35.9 Å². The summed E-state index contributed by atoms with van der Waals surface area (Å²) in [7, 11) is 0. The quantitative estimate of drug-likeness (QED) is 0.869. The summed E-state index contributed by atoms with van der Waals surface area (Å²) in [6.45, 7) is 6.29. The van der Waals surface area contributed by atoms with Crippen molar-refractivity contribution in [2.24, 2.45) is 0 Å². The molecule has 3 rings (SSSR count). The van der Waals surface area contributed by atoms with E-state index in [-0.39, 0.29) is 6.04 Å². The maximum atomic E-state index is 10.9. The van der Waals surface area contributed by atoms with Crippen LogP contribution in [0, 0.1) is 20.8 Å². The summed E-state index contributed by atoms with van der Waals surface area (Å²) >= 11 is 0. The van der Waals surface area contributed by atoms with E-state index in [4.69, 9.17) is 0 Å². The summed E-state index contributed by atoms with van der Waals surface area (Å²) < 4.78 is 0. The molecule has 2 N–H and O–H groups in total. The lowest BCUT2D eigenvalue weighted by Crippen LogP contribution is -2.32. The highest BCUT2D eigenvalue weighted by atomic mass is 16.3. The second-order valence-electron chi connectivity index (χ2n) is 6.20. The number of rotatable bonds is 2. The van der Waals surface area contributed by atoms with E-state index in [1.165, 1.54) is 22.3 Å². The molecule has 0 aromatic heterocycles. The monoisotopic (exact) mass is 281 g/mol. The van der Waals surface area contributed by atoms with Gasteiger partial charge in [0.2, 0.25) is 0 Å². The molecule has 1 heterocycles. The van der Waals surface area contributed by atoms with Gasteiger partial charge in [0.15, 0.2) is 0 Å². The zero-order valence-corrected chi connectivity index (χ0v) is 13.0. The van der Waals surface area contributed by atoms with E-state index in [1.807, 2.05) is 6.07 Å². The Bertz CT molecular complexity index is 639. The minimum atomic E-state index is -0.459. The molecule has 2 aromatic carbocycles. The van der Waals surface area contributed by atoms with Gasteiger partial charge in [0.25, 0.3) is 0 Å². The molecule has 0 fully saturated rings. The second kappa shape index (κ2) is 5.53. The standard InChI is InChI=1S/C19H23NO/c1-12-10-13(2)18(14(3)11-12)19(21)17-9-8-15-6-4-5-7-16(15)20-17/h4-7,10-11,17,19-21H,8-9H2,1-3H3. The molecule has 1 aliphatic rings. The van der Waals surface area contributed by atoms with Crippen LogP contribution in [0.1, 0.15) is 40.3 Å². The number of fused-ring (bicyclic) bond motifs is 1. The Morgan fingerprint density at radius 1 is 1.10 bits per heavy atom. The number of nitrogens with one attached hydrogen (secondary N) is 1. The van der Waals surface area contributed by atoms with Gasteiger partial charge >= 0.3 is 0 Å². The molecule has 2 aromatic rings. The molecule has 21 heavy (non-hydrogen) atoms. The maximum Gasteiger partial charge on any atom is 0.0996 e. The number of anilines is 1. The van der Waals surface area contributed by atoms with E-state index in [0.29, 0.717) is 0 Å². The Kier molecular flexibility index (Phi) is 3.73. The van der Waals surface area contributed by atoms with Gasteiger partial charge in [0.1, 0.15) is 0 Å². The molecule has 110 valence electrons. The van der Waals surface area contributed by atoms with Crippen LogP contribution in [-0.4, -0.2) is 11.1 Å². The third-order valence-corrected chi connectivity index (χ3v) is 4.50. The van der Waals surface area contributed by atoms with Gasteiger partial charge < -0.3 is 10.4 Å².